The van der Waals surface area contributed by atoms with Crippen LogP contribution in [0.3, 0.4) is 0 Å². The van der Waals surface area contributed by atoms with E-state index in [4.69, 9.17) is 4.98 Å². The summed E-state index contributed by atoms with van der Waals surface area (Å²) in [6.45, 7) is 6.35. The minimum atomic E-state index is 0. The number of hydrogen-bond donors (Lipinski definition) is 0. The van der Waals surface area contributed by atoms with Crippen molar-refractivity contribution in [3.8, 4) is 28.2 Å². The number of aryl methyl sites for hydroxylation is 4. The maximum atomic E-state index is 4.72. The van der Waals surface area contributed by atoms with E-state index in [-0.39, 0.29) is 20.1 Å². The number of rotatable bonds is 3. The molecule has 157 valence electrons. The summed E-state index contributed by atoms with van der Waals surface area (Å²) >= 11 is 0. The quantitative estimate of drug-likeness (QED) is 0.251. The van der Waals surface area contributed by atoms with Gasteiger partial charge < -0.3 is 9.13 Å². The third-order valence-corrected chi connectivity index (χ3v) is 5.75. The minimum absolute atomic E-state index is 0. The van der Waals surface area contributed by atoms with Gasteiger partial charge in [0.15, 0.2) is 0 Å². The first kappa shape index (κ1) is 21.2. The molecular formula is C26H23IrN4-. The Morgan fingerprint density at radius 1 is 0.903 bits per heavy atom. The molecule has 0 bridgehead atoms. The number of fused-ring (bicyclic) bond motifs is 1. The molecule has 5 heteroatoms. The predicted octanol–water partition coefficient (Wildman–Crippen LogP) is 5.82. The van der Waals surface area contributed by atoms with Crippen molar-refractivity contribution in [3.63, 3.8) is 0 Å². The fourth-order valence-corrected chi connectivity index (χ4v) is 4.29. The maximum absolute atomic E-state index is 4.72. The standard InChI is InChI=1S/C26H23N4.Ir/c1-17-15-21(20-9-6-5-7-10-20)16-18(2)24(17)30-14-13-27-26(30)22-11-8-12-23-25(22)29(4)19(3)28-23;/h5-10,12-16H,1-4H3;/q-1;. The third-order valence-electron chi connectivity index (χ3n) is 5.75. The van der Waals surface area contributed by atoms with E-state index in [1.807, 2.05) is 44.6 Å². The van der Waals surface area contributed by atoms with Gasteiger partial charge in [0, 0.05) is 50.8 Å². The summed E-state index contributed by atoms with van der Waals surface area (Å²) in [5, 5.41) is 0. The molecule has 0 amide bonds. The normalized spacial score (nSPS) is 11.0. The molecule has 31 heavy (non-hydrogen) atoms. The van der Waals surface area contributed by atoms with Gasteiger partial charge >= 0.3 is 0 Å². The van der Waals surface area contributed by atoms with Crippen molar-refractivity contribution >= 4 is 11.0 Å². The summed E-state index contributed by atoms with van der Waals surface area (Å²) in [6, 6.07) is 22.3. The van der Waals surface area contributed by atoms with Gasteiger partial charge in [0.1, 0.15) is 0 Å². The second-order valence-electron chi connectivity index (χ2n) is 7.75. The van der Waals surface area contributed by atoms with Crippen LogP contribution in [0.5, 0.6) is 0 Å². The monoisotopic (exact) mass is 584 g/mol. The Morgan fingerprint density at radius 3 is 2.32 bits per heavy atom. The summed E-state index contributed by atoms with van der Waals surface area (Å²) in [4.78, 5) is 9.39. The van der Waals surface area contributed by atoms with Crippen LogP contribution in [0.15, 0.2) is 67.0 Å². The number of imidazole rings is 2. The van der Waals surface area contributed by atoms with Crippen molar-refractivity contribution in [3.05, 3.63) is 90.0 Å². The summed E-state index contributed by atoms with van der Waals surface area (Å²) in [5.41, 5.74) is 9.02. The van der Waals surface area contributed by atoms with Crippen molar-refractivity contribution in [2.24, 2.45) is 7.05 Å². The summed E-state index contributed by atoms with van der Waals surface area (Å²) in [5.74, 6) is 1.85. The predicted molar refractivity (Wildman–Crippen MR) is 122 cm³/mol. The van der Waals surface area contributed by atoms with Gasteiger partial charge in [0.05, 0.1) is 11.6 Å². The van der Waals surface area contributed by atoms with E-state index in [2.05, 4.69) is 70.4 Å². The first-order valence-electron chi connectivity index (χ1n) is 10.1. The summed E-state index contributed by atoms with van der Waals surface area (Å²) in [6.07, 6.45) is 3.89. The molecule has 0 N–H and O–H groups in total. The van der Waals surface area contributed by atoms with Gasteiger partial charge in [-0.15, -0.1) is 18.2 Å². The zero-order valence-electron chi connectivity index (χ0n) is 18.0. The SMILES string of the molecule is Cc1cc(-c2ccccc2)cc(C)c1-n1ccnc1-c1[c-]ccc2nc(C)n(C)c12.[Ir]. The molecule has 4 nitrogen and oxygen atoms in total. The zero-order valence-corrected chi connectivity index (χ0v) is 20.4. The topological polar surface area (TPSA) is 35.6 Å². The Labute approximate surface area is 195 Å². The van der Waals surface area contributed by atoms with E-state index >= 15 is 0 Å². The van der Waals surface area contributed by atoms with Gasteiger partial charge in [0.25, 0.3) is 0 Å². The fourth-order valence-electron chi connectivity index (χ4n) is 4.29. The Hall–Kier alpha value is -3.01. The van der Waals surface area contributed by atoms with Crippen LogP contribution in [0, 0.1) is 26.8 Å². The van der Waals surface area contributed by atoms with E-state index in [0.29, 0.717) is 0 Å². The molecule has 0 saturated heterocycles. The average Bonchev–Trinajstić information content (AvgIpc) is 3.33. The molecule has 3 aromatic carbocycles. The van der Waals surface area contributed by atoms with Crippen LogP contribution in [-0.4, -0.2) is 19.1 Å². The van der Waals surface area contributed by atoms with Crippen LogP contribution in [0.1, 0.15) is 17.0 Å². The summed E-state index contributed by atoms with van der Waals surface area (Å²) < 4.78 is 4.28. The van der Waals surface area contributed by atoms with Crippen LogP contribution in [-0.2, 0) is 27.2 Å². The first-order valence-corrected chi connectivity index (χ1v) is 10.1. The Bertz CT molecular complexity index is 1360. The molecule has 0 fully saturated rings. The molecule has 2 aromatic heterocycles. The van der Waals surface area contributed by atoms with Crippen LogP contribution in [0.25, 0.3) is 39.2 Å². The molecule has 0 aliphatic heterocycles. The van der Waals surface area contributed by atoms with Crippen LogP contribution >= 0.6 is 0 Å². The molecule has 0 saturated carbocycles. The van der Waals surface area contributed by atoms with Crippen molar-refractivity contribution in [2.45, 2.75) is 20.8 Å². The molecule has 0 aliphatic rings. The first-order chi connectivity index (χ1) is 14.5. The largest absolute Gasteiger partial charge is 0.371 e. The minimum Gasteiger partial charge on any atom is -0.371 e. The number of benzene rings is 3. The van der Waals surface area contributed by atoms with Crippen molar-refractivity contribution < 1.29 is 20.1 Å². The number of nitrogens with zero attached hydrogens (tertiary/aromatic N) is 4. The van der Waals surface area contributed by atoms with Gasteiger partial charge in [-0.25, -0.2) is 0 Å². The number of hydrogen-bond acceptors (Lipinski definition) is 2. The van der Waals surface area contributed by atoms with E-state index in [1.165, 1.54) is 22.3 Å². The fraction of sp³-hybridized carbons (Fsp3) is 0.154. The average molecular weight is 584 g/mol. The van der Waals surface area contributed by atoms with Gasteiger partial charge in [-0.3, -0.25) is 9.97 Å². The maximum Gasteiger partial charge on any atom is 0.0957 e. The summed E-state index contributed by atoms with van der Waals surface area (Å²) in [7, 11) is 2.04. The second kappa shape index (κ2) is 8.26. The molecular weight excluding hydrogens is 561 g/mol. The number of aromatic nitrogens is 4. The van der Waals surface area contributed by atoms with Crippen molar-refractivity contribution in [2.75, 3.05) is 0 Å². The molecule has 0 unspecified atom stereocenters. The third kappa shape index (κ3) is 3.54. The van der Waals surface area contributed by atoms with Gasteiger partial charge in [0.2, 0.25) is 0 Å². The Balaban J connectivity index is 0.00000231. The van der Waals surface area contributed by atoms with Gasteiger partial charge in [-0.05, 0) is 60.7 Å². The molecule has 5 aromatic rings. The Kier molecular flexibility index (Phi) is 5.65. The Morgan fingerprint density at radius 2 is 1.61 bits per heavy atom. The second-order valence-corrected chi connectivity index (χ2v) is 7.75. The van der Waals surface area contributed by atoms with E-state index in [1.54, 1.807) is 0 Å². The van der Waals surface area contributed by atoms with E-state index in [0.717, 1.165) is 33.9 Å². The van der Waals surface area contributed by atoms with Gasteiger partial charge in [-0.2, -0.15) is 0 Å². The van der Waals surface area contributed by atoms with E-state index in [9.17, 15) is 0 Å². The van der Waals surface area contributed by atoms with Crippen LogP contribution in [0.4, 0.5) is 0 Å². The van der Waals surface area contributed by atoms with Crippen LogP contribution in [0.2, 0.25) is 0 Å². The van der Waals surface area contributed by atoms with Crippen LogP contribution < -0.4 is 0 Å². The van der Waals surface area contributed by atoms with Crippen molar-refractivity contribution in [1.82, 2.24) is 19.1 Å². The molecule has 0 atom stereocenters. The molecule has 2 heterocycles. The molecule has 5 rings (SSSR count). The van der Waals surface area contributed by atoms with E-state index < -0.39 is 0 Å². The molecule has 0 aliphatic carbocycles. The van der Waals surface area contributed by atoms with Crippen molar-refractivity contribution in [1.29, 1.82) is 0 Å². The molecule has 0 spiro atoms. The smallest absolute Gasteiger partial charge is 0.0957 e. The van der Waals surface area contributed by atoms with Gasteiger partial charge in [-0.1, -0.05) is 35.9 Å². The molecule has 1 radical (unpaired) electrons. The zero-order chi connectivity index (χ0) is 20.8.